The van der Waals surface area contributed by atoms with Crippen LogP contribution in [0, 0.1) is 11.3 Å². The number of nitrogens with one attached hydrogen (secondary N) is 2. The van der Waals surface area contributed by atoms with Crippen molar-refractivity contribution >= 4 is 45.7 Å². The van der Waals surface area contributed by atoms with Crippen molar-refractivity contribution in [2.45, 2.75) is 39.7 Å². The zero-order chi connectivity index (χ0) is 24.5. The number of carbonyl (C=O) groups is 1. The lowest BCUT2D eigenvalue weighted by Crippen LogP contribution is -2.44. The summed E-state index contributed by atoms with van der Waals surface area (Å²) in [6, 6.07) is 14.0. The average Bonchev–Trinajstić information content (AvgIpc) is 3.20. The minimum atomic E-state index is -0.403. The number of nitrogens with zero attached hydrogens (tertiary/aromatic N) is 2. The number of aromatic nitrogens is 1. The van der Waals surface area contributed by atoms with Crippen molar-refractivity contribution in [3.05, 3.63) is 76.0 Å². The Morgan fingerprint density at radius 3 is 2.79 bits per heavy atom. The van der Waals surface area contributed by atoms with Crippen molar-refractivity contribution in [1.29, 1.82) is 5.26 Å². The van der Waals surface area contributed by atoms with Crippen LogP contribution in [0.15, 0.2) is 54.2 Å². The topological polar surface area (TPSA) is 71.9 Å². The van der Waals surface area contributed by atoms with Gasteiger partial charge in [-0.1, -0.05) is 35.9 Å². The number of aromatic amines is 1. The maximum atomic E-state index is 12.7. The van der Waals surface area contributed by atoms with Crippen LogP contribution in [0.5, 0.6) is 0 Å². The minimum Gasteiger partial charge on any atom is -0.363 e. The van der Waals surface area contributed by atoms with Gasteiger partial charge in [0.1, 0.15) is 11.6 Å². The van der Waals surface area contributed by atoms with Crippen molar-refractivity contribution in [3.8, 4) is 6.07 Å². The number of likely N-dealkylation sites (N-methyl/N-ethyl adjacent to an activating group) is 1. The molecule has 0 unspecified atom stereocenters. The Balaban J connectivity index is 1.53. The van der Waals surface area contributed by atoms with Crippen LogP contribution in [0.2, 0.25) is 5.02 Å². The van der Waals surface area contributed by atoms with Crippen molar-refractivity contribution in [1.82, 2.24) is 10.3 Å². The lowest BCUT2D eigenvalue weighted by atomic mass is 9.88. The van der Waals surface area contributed by atoms with Crippen molar-refractivity contribution in [2.75, 3.05) is 18.0 Å². The van der Waals surface area contributed by atoms with Gasteiger partial charge >= 0.3 is 0 Å². The smallest absolute Gasteiger partial charge is 0.261 e. The van der Waals surface area contributed by atoms with E-state index in [9.17, 15) is 10.1 Å². The summed E-state index contributed by atoms with van der Waals surface area (Å²) in [7, 11) is 0. The molecule has 6 heteroatoms. The minimum absolute atomic E-state index is 0.0332. The first kappa shape index (κ1) is 23.7. The molecule has 1 aliphatic heterocycles. The van der Waals surface area contributed by atoms with E-state index >= 15 is 0 Å². The summed E-state index contributed by atoms with van der Waals surface area (Å²) >= 11 is 6.62. The number of hydrogen-bond acceptors (Lipinski definition) is 3. The molecule has 0 spiro atoms. The van der Waals surface area contributed by atoms with Crippen LogP contribution in [0.25, 0.3) is 22.6 Å². The Bertz CT molecular complexity index is 1360. The molecule has 174 valence electrons. The number of hydrogen-bond donors (Lipinski definition) is 2. The van der Waals surface area contributed by atoms with Crippen LogP contribution in [-0.2, 0) is 11.2 Å². The predicted octanol–water partition coefficient (Wildman–Crippen LogP) is 6.11. The van der Waals surface area contributed by atoms with Crippen molar-refractivity contribution < 1.29 is 4.79 Å². The molecule has 1 aromatic heterocycles. The quantitative estimate of drug-likeness (QED) is 0.336. The number of fused-ring (bicyclic) bond motifs is 2. The first-order valence-electron chi connectivity index (χ1n) is 11.5. The predicted molar refractivity (Wildman–Crippen MR) is 141 cm³/mol. The molecule has 0 saturated heterocycles. The molecule has 0 saturated carbocycles. The second-order valence-corrected chi connectivity index (χ2v) is 9.56. The number of H-pyrrole nitrogens is 1. The number of benzene rings is 2. The lowest BCUT2D eigenvalue weighted by Gasteiger charge is -2.43. The molecule has 4 rings (SSSR count). The Hall–Kier alpha value is -3.49. The standard InChI is InChI=1S/C28H29ClN4O/c1-5-33-26-14-24(29)20(13-23(26)18(2)15-28(33,3)4)12-21(16-30)27(34)31-11-10-19-17-32-25-9-7-6-8-22(19)25/h6-9,12-15,17,32H,5,10-11H2,1-4H3,(H,31,34)/b21-12+. The summed E-state index contributed by atoms with van der Waals surface area (Å²) in [5.41, 5.74) is 6.05. The Kier molecular flexibility index (Phi) is 6.54. The van der Waals surface area contributed by atoms with Crippen LogP contribution in [0.4, 0.5) is 5.69 Å². The highest BCUT2D eigenvalue weighted by Gasteiger charge is 2.30. The molecule has 1 aliphatic rings. The van der Waals surface area contributed by atoms with E-state index in [4.69, 9.17) is 11.6 Å². The number of allylic oxidation sites excluding steroid dienone is 1. The van der Waals surface area contributed by atoms with Crippen molar-refractivity contribution in [2.24, 2.45) is 0 Å². The van der Waals surface area contributed by atoms with E-state index in [0.29, 0.717) is 23.6 Å². The monoisotopic (exact) mass is 472 g/mol. The Labute approximate surface area is 205 Å². The van der Waals surface area contributed by atoms with E-state index in [1.165, 1.54) is 0 Å². The summed E-state index contributed by atoms with van der Waals surface area (Å²) in [6.07, 6.45) is 6.44. The van der Waals surface area contributed by atoms with E-state index in [0.717, 1.165) is 39.8 Å². The van der Waals surface area contributed by atoms with E-state index in [-0.39, 0.29) is 11.1 Å². The molecular weight excluding hydrogens is 444 g/mol. The normalized spacial score (nSPS) is 15.0. The van der Waals surface area contributed by atoms with Crippen LogP contribution >= 0.6 is 11.6 Å². The zero-order valence-electron chi connectivity index (χ0n) is 20.0. The van der Waals surface area contributed by atoms with E-state index in [1.807, 2.05) is 42.6 Å². The third kappa shape index (κ3) is 4.47. The summed E-state index contributed by atoms with van der Waals surface area (Å²) in [5, 5.41) is 14.2. The number of carbonyl (C=O) groups excluding carboxylic acids is 1. The fraction of sp³-hybridized carbons (Fsp3) is 0.286. The number of rotatable bonds is 6. The van der Waals surface area contributed by atoms with Crippen LogP contribution in [0.1, 0.15) is 44.4 Å². The second-order valence-electron chi connectivity index (χ2n) is 9.15. The Morgan fingerprint density at radius 2 is 2.06 bits per heavy atom. The molecule has 0 fully saturated rings. The number of anilines is 1. The lowest BCUT2D eigenvalue weighted by molar-refractivity contribution is -0.117. The molecule has 0 radical (unpaired) electrons. The first-order valence-corrected chi connectivity index (χ1v) is 11.9. The van der Waals surface area contributed by atoms with Crippen LogP contribution < -0.4 is 10.2 Å². The third-order valence-electron chi connectivity index (χ3n) is 6.43. The molecule has 5 nitrogen and oxygen atoms in total. The van der Waals surface area contributed by atoms with Gasteiger partial charge in [-0.3, -0.25) is 4.79 Å². The molecular formula is C28H29ClN4O. The zero-order valence-corrected chi connectivity index (χ0v) is 20.8. The average molecular weight is 473 g/mol. The molecule has 2 aromatic carbocycles. The van der Waals surface area contributed by atoms with Gasteiger partial charge in [-0.2, -0.15) is 5.26 Å². The molecule has 34 heavy (non-hydrogen) atoms. The molecule has 0 aliphatic carbocycles. The maximum Gasteiger partial charge on any atom is 0.261 e. The van der Waals surface area contributed by atoms with Gasteiger partial charge in [-0.05, 0) is 75.1 Å². The van der Waals surface area contributed by atoms with E-state index < -0.39 is 5.91 Å². The highest BCUT2D eigenvalue weighted by atomic mass is 35.5. The van der Waals surface area contributed by atoms with Gasteiger partial charge in [0.05, 0.1) is 5.54 Å². The highest BCUT2D eigenvalue weighted by Crippen LogP contribution is 2.41. The fourth-order valence-electron chi connectivity index (χ4n) is 4.85. The third-order valence-corrected chi connectivity index (χ3v) is 6.76. The van der Waals surface area contributed by atoms with Gasteiger partial charge in [-0.25, -0.2) is 0 Å². The van der Waals surface area contributed by atoms with E-state index in [2.05, 4.69) is 55.0 Å². The molecule has 3 aromatic rings. The van der Waals surface area contributed by atoms with Gasteiger partial charge in [0.25, 0.3) is 5.91 Å². The number of amides is 1. The molecule has 1 amide bonds. The number of para-hydroxylation sites is 1. The SMILES string of the molecule is CCN1c2cc(Cl)c(/C=C(\C#N)C(=O)NCCc3c[nH]c4ccccc34)cc2C(C)=CC1(C)C. The number of nitriles is 1. The van der Waals surface area contributed by atoms with Crippen LogP contribution in [0.3, 0.4) is 0 Å². The first-order chi connectivity index (χ1) is 16.2. The summed E-state index contributed by atoms with van der Waals surface area (Å²) < 4.78 is 0. The highest BCUT2D eigenvalue weighted by molar-refractivity contribution is 6.32. The molecule has 0 atom stereocenters. The summed E-state index contributed by atoms with van der Waals surface area (Å²) in [5.74, 6) is -0.403. The van der Waals surface area contributed by atoms with Crippen molar-refractivity contribution in [3.63, 3.8) is 0 Å². The van der Waals surface area contributed by atoms with Gasteiger partial charge in [0.15, 0.2) is 0 Å². The molecule has 2 heterocycles. The fourth-order valence-corrected chi connectivity index (χ4v) is 5.06. The largest absolute Gasteiger partial charge is 0.363 e. The molecule has 2 N–H and O–H groups in total. The van der Waals surface area contributed by atoms with Gasteiger partial charge in [-0.15, -0.1) is 0 Å². The maximum absolute atomic E-state index is 12.7. The number of halogens is 1. The van der Waals surface area contributed by atoms with Gasteiger partial charge in [0.2, 0.25) is 0 Å². The van der Waals surface area contributed by atoms with E-state index in [1.54, 1.807) is 6.08 Å². The second kappa shape index (κ2) is 9.40. The molecule has 0 bridgehead atoms. The van der Waals surface area contributed by atoms with Gasteiger partial charge in [0, 0.05) is 46.5 Å². The van der Waals surface area contributed by atoms with Crippen LogP contribution in [-0.4, -0.2) is 29.5 Å². The Morgan fingerprint density at radius 1 is 1.29 bits per heavy atom. The summed E-state index contributed by atoms with van der Waals surface area (Å²) in [4.78, 5) is 18.3. The summed E-state index contributed by atoms with van der Waals surface area (Å²) in [6.45, 7) is 9.84. The van der Waals surface area contributed by atoms with Gasteiger partial charge < -0.3 is 15.2 Å².